The summed E-state index contributed by atoms with van der Waals surface area (Å²) in [5.74, 6) is 0.288. The molecule has 7 nitrogen and oxygen atoms in total. The van der Waals surface area contributed by atoms with E-state index in [1.54, 1.807) is 18.0 Å². The summed E-state index contributed by atoms with van der Waals surface area (Å²) in [6.07, 6.45) is 1.56. The van der Waals surface area contributed by atoms with Crippen molar-refractivity contribution in [2.24, 2.45) is 5.92 Å². The molecule has 7 heteroatoms. The van der Waals surface area contributed by atoms with Gasteiger partial charge in [0.25, 0.3) is 5.56 Å². The number of methoxy groups -OCH3 is 1. The highest BCUT2D eigenvalue weighted by molar-refractivity contribution is 5.69. The van der Waals surface area contributed by atoms with Crippen LogP contribution in [0.15, 0.2) is 15.9 Å². The molecule has 0 atom stereocenters. The summed E-state index contributed by atoms with van der Waals surface area (Å²) in [7, 11) is 1.60. The lowest BCUT2D eigenvalue weighted by Gasteiger charge is -2.09. The maximum absolute atomic E-state index is 11.9. The molecule has 1 N–H and O–H groups in total. The van der Waals surface area contributed by atoms with Crippen LogP contribution in [0.2, 0.25) is 0 Å². The van der Waals surface area contributed by atoms with Gasteiger partial charge in [0.15, 0.2) is 11.2 Å². The number of nitrogens with zero attached hydrogens (tertiary/aromatic N) is 3. The van der Waals surface area contributed by atoms with E-state index >= 15 is 0 Å². The molecule has 2 aromatic heterocycles. The van der Waals surface area contributed by atoms with E-state index in [2.05, 4.69) is 9.97 Å². The lowest BCUT2D eigenvalue weighted by Crippen LogP contribution is -2.32. The number of rotatable bonds is 5. The zero-order chi connectivity index (χ0) is 14.0. The molecule has 0 amide bonds. The van der Waals surface area contributed by atoms with E-state index in [4.69, 9.17) is 4.74 Å². The highest BCUT2D eigenvalue weighted by Gasteiger charge is 2.13. The molecule has 0 fully saturated rings. The van der Waals surface area contributed by atoms with Crippen LogP contribution in [-0.2, 0) is 17.8 Å². The van der Waals surface area contributed by atoms with E-state index in [1.165, 1.54) is 4.57 Å². The zero-order valence-corrected chi connectivity index (χ0v) is 11.3. The van der Waals surface area contributed by atoms with Gasteiger partial charge in [0.2, 0.25) is 0 Å². The molecule has 0 aliphatic carbocycles. The first kappa shape index (κ1) is 13.5. The molecule has 0 spiro atoms. The van der Waals surface area contributed by atoms with Gasteiger partial charge in [-0.05, 0) is 5.92 Å². The Balaban J connectivity index is 2.61. The molecule has 0 aliphatic rings. The predicted molar refractivity (Wildman–Crippen MR) is 71.3 cm³/mol. The van der Waals surface area contributed by atoms with Gasteiger partial charge in [0.1, 0.15) is 0 Å². The zero-order valence-electron chi connectivity index (χ0n) is 11.3. The molecule has 0 saturated heterocycles. The van der Waals surface area contributed by atoms with Gasteiger partial charge in [0, 0.05) is 20.2 Å². The second-order valence-corrected chi connectivity index (χ2v) is 4.87. The highest BCUT2D eigenvalue weighted by Crippen LogP contribution is 2.07. The van der Waals surface area contributed by atoms with Crippen molar-refractivity contribution >= 4 is 11.2 Å². The van der Waals surface area contributed by atoms with Crippen molar-refractivity contribution in [3.63, 3.8) is 0 Å². The van der Waals surface area contributed by atoms with E-state index in [0.717, 1.165) is 0 Å². The van der Waals surface area contributed by atoms with E-state index in [-0.39, 0.29) is 5.92 Å². The summed E-state index contributed by atoms with van der Waals surface area (Å²) in [5, 5.41) is 0. The van der Waals surface area contributed by atoms with E-state index < -0.39 is 11.2 Å². The normalized spacial score (nSPS) is 11.6. The fraction of sp³-hybridized carbons (Fsp3) is 0.583. The highest BCUT2D eigenvalue weighted by atomic mass is 16.5. The second-order valence-electron chi connectivity index (χ2n) is 4.87. The van der Waals surface area contributed by atoms with Gasteiger partial charge >= 0.3 is 5.69 Å². The van der Waals surface area contributed by atoms with Crippen molar-refractivity contribution in [2.75, 3.05) is 13.7 Å². The molecular weight excluding hydrogens is 248 g/mol. The van der Waals surface area contributed by atoms with Gasteiger partial charge in [-0.1, -0.05) is 13.8 Å². The van der Waals surface area contributed by atoms with E-state index in [9.17, 15) is 9.59 Å². The molecular formula is C12H18N4O3. The largest absolute Gasteiger partial charge is 0.383 e. The van der Waals surface area contributed by atoms with Crippen molar-refractivity contribution in [1.82, 2.24) is 19.1 Å². The number of aromatic nitrogens is 4. The van der Waals surface area contributed by atoms with Crippen molar-refractivity contribution in [3.8, 4) is 0 Å². The van der Waals surface area contributed by atoms with Crippen molar-refractivity contribution in [3.05, 3.63) is 27.2 Å². The minimum atomic E-state index is -0.414. The van der Waals surface area contributed by atoms with Gasteiger partial charge in [-0.2, -0.15) is 0 Å². The lowest BCUT2D eigenvalue weighted by atomic mass is 10.2. The van der Waals surface area contributed by atoms with Crippen LogP contribution in [0.1, 0.15) is 13.8 Å². The predicted octanol–water partition coefficient (Wildman–Crippen LogP) is 0.189. The smallest absolute Gasteiger partial charge is 0.330 e. The number of hydrogen-bond acceptors (Lipinski definition) is 4. The molecule has 2 heterocycles. The molecule has 2 rings (SSSR count). The van der Waals surface area contributed by atoms with Crippen LogP contribution in [0.4, 0.5) is 0 Å². The molecule has 0 aliphatic heterocycles. The molecule has 0 bridgehead atoms. The van der Waals surface area contributed by atoms with Crippen molar-refractivity contribution in [2.45, 2.75) is 26.9 Å². The molecule has 0 saturated carbocycles. The number of H-pyrrole nitrogens is 1. The van der Waals surface area contributed by atoms with Crippen LogP contribution in [0, 0.1) is 5.92 Å². The Morgan fingerprint density at radius 2 is 2.16 bits per heavy atom. The van der Waals surface area contributed by atoms with Crippen LogP contribution >= 0.6 is 0 Å². The third-order valence-corrected chi connectivity index (χ3v) is 2.84. The number of ether oxygens (including phenoxy) is 1. The summed E-state index contributed by atoms with van der Waals surface area (Å²) in [6.45, 7) is 5.54. The molecule has 19 heavy (non-hydrogen) atoms. The Morgan fingerprint density at radius 3 is 2.79 bits per heavy atom. The molecule has 0 unspecified atom stereocenters. The Hall–Kier alpha value is -1.89. The monoisotopic (exact) mass is 266 g/mol. The molecule has 0 radical (unpaired) electrons. The number of imidazole rings is 1. The maximum atomic E-state index is 11.9. The standard InChI is InChI=1S/C12H18N4O3/c1-8(2)6-16-10-9(11(17)14-12(16)18)15(7-13-10)4-5-19-3/h7-8H,4-6H2,1-3H3,(H,14,17,18). The van der Waals surface area contributed by atoms with Crippen molar-refractivity contribution < 1.29 is 4.74 Å². The minimum Gasteiger partial charge on any atom is -0.383 e. The SMILES string of the molecule is COCCn1cnc2c1c(=O)[nH]c(=O)n2CC(C)C. The second kappa shape index (κ2) is 5.40. The molecule has 0 aromatic carbocycles. The Bertz CT molecular complexity index is 680. The minimum absolute atomic E-state index is 0.288. The van der Waals surface area contributed by atoms with Crippen LogP contribution in [0.3, 0.4) is 0 Å². The first-order valence-corrected chi connectivity index (χ1v) is 6.21. The Labute approximate surface area is 109 Å². The van der Waals surface area contributed by atoms with Crippen LogP contribution in [-0.4, -0.2) is 32.8 Å². The number of fused-ring (bicyclic) bond motifs is 1. The van der Waals surface area contributed by atoms with Gasteiger partial charge in [-0.3, -0.25) is 14.3 Å². The summed E-state index contributed by atoms with van der Waals surface area (Å²) in [4.78, 5) is 30.3. The van der Waals surface area contributed by atoms with Gasteiger partial charge in [0.05, 0.1) is 12.9 Å². The number of hydrogen-bond donors (Lipinski definition) is 1. The number of nitrogens with one attached hydrogen (secondary N) is 1. The van der Waals surface area contributed by atoms with E-state index in [1.807, 2.05) is 13.8 Å². The Morgan fingerprint density at radius 1 is 1.42 bits per heavy atom. The fourth-order valence-corrected chi connectivity index (χ4v) is 2.01. The number of aromatic amines is 1. The van der Waals surface area contributed by atoms with Crippen LogP contribution in [0.25, 0.3) is 11.2 Å². The average Bonchev–Trinajstić information content (AvgIpc) is 2.75. The topological polar surface area (TPSA) is 81.9 Å². The van der Waals surface area contributed by atoms with E-state index in [0.29, 0.717) is 30.9 Å². The first-order valence-electron chi connectivity index (χ1n) is 6.21. The average molecular weight is 266 g/mol. The summed E-state index contributed by atoms with van der Waals surface area (Å²) >= 11 is 0. The summed E-state index contributed by atoms with van der Waals surface area (Å²) in [5.41, 5.74) is 0.0210. The van der Waals surface area contributed by atoms with Gasteiger partial charge < -0.3 is 9.30 Å². The van der Waals surface area contributed by atoms with Gasteiger partial charge in [-0.15, -0.1) is 0 Å². The molecule has 2 aromatic rings. The third-order valence-electron chi connectivity index (χ3n) is 2.84. The lowest BCUT2D eigenvalue weighted by molar-refractivity contribution is 0.188. The quantitative estimate of drug-likeness (QED) is 0.837. The summed E-state index contributed by atoms with van der Waals surface area (Å²) < 4.78 is 8.20. The fourth-order valence-electron chi connectivity index (χ4n) is 2.01. The van der Waals surface area contributed by atoms with Gasteiger partial charge in [-0.25, -0.2) is 9.78 Å². The molecule has 104 valence electrons. The van der Waals surface area contributed by atoms with Crippen LogP contribution < -0.4 is 11.2 Å². The van der Waals surface area contributed by atoms with Crippen molar-refractivity contribution in [1.29, 1.82) is 0 Å². The Kier molecular flexibility index (Phi) is 3.84. The first-order chi connectivity index (χ1) is 9.04. The maximum Gasteiger partial charge on any atom is 0.330 e. The van der Waals surface area contributed by atoms with Crippen LogP contribution in [0.5, 0.6) is 0 Å². The summed E-state index contributed by atoms with van der Waals surface area (Å²) in [6, 6.07) is 0. The third kappa shape index (κ3) is 2.60.